The van der Waals surface area contributed by atoms with E-state index in [2.05, 4.69) is 10.6 Å². The summed E-state index contributed by atoms with van der Waals surface area (Å²) in [5.74, 6) is -0.0263. The Hall–Kier alpha value is -0.620. The molecule has 0 aromatic carbocycles. The van der Waals surface area contributed by atoms with Gasteiger partial charge in [0.2, 0.25) is 5.91 Å². The molecule has 0 fully saturated rings. The van der Waals surface area contributed by atoms with Crippen LogP contribution < -0.4 is 10.6 Å². The van der Waals surface area contributed by atoms with Crippen LogP contribution in [0.3, 0.4) is 0 Å². The highest BCUT2D eigenvalue weighted by Gasteiger charge is 2.16. The first kappa shape index (κ1) is 15.4. The Morgan fingerprint density at radius 1 is 1.50 bits per heavy atom. The lowest BCUT2D eigenvalue weighted by atomic mass is 10.2. The summed E-state index contributed by atoms with van der Waals surface area (Å²) >= 11 is 7.41. The number of methoxy groups -OCH3 is 1. The molecule has 0 aliphatic rings. The first-order valence-electron chi connectivity index (χ1n) is 5.82. The van der Waals surface area contributed by atoms with Crippen molar-refractivity contribution in [1.29, 1.82) is 0 Å². The summed E-state index contributed by atoms with van der Waals surface area (Å²) in [6.07, 6.45) is 0. The molecule has 2 N–H and O–H groups in total. The molecule has 0 radical (unpaired) electrons. The predicted molar refractivity (Wildman–Crippen MR) is 75.2 cm³/mol. The molecule has 1 aromatic rings. The van der Waals surface area contributed by atoms with E-state index in [9.17, 15) is 4.79 Å². The van der Waals surface area contributed by atoms with Crippen molar-refractivity contribution in [3.05, 3.63) is 21.3 Å². The second kappa shape index (κ2) is 7.74. The second-order valence-electron chi connectivity index (χ2n) is 4.04. The van der Waals surface area contributed by atoms with Crippen molar-refractivity contribution in [2.75, 3.05) is 20.3 Å². The monoisotopic (exact) mass is 290 g/mol. The largest absolute Gasteiger partial charge is 0.383 e. The molecule has 1 aromatic heterocycles. The summed E-state index contributed by atoms with van der Waals surface area (Å²) in [4.78, 5) is 12.9. The van der Waals surface area contributed by atoms with E-state index in [0.29, 0.717) is 13.2 Å². The van der Waals surface area contributed by atoms with Crippen LogP contribution >= 0.6 is 22.9 Å². The van der Waals surface area contributed by atoms with E-state index in [-0.39, 0.29) is 18.0 Å². The van der Waals surface area contributed by atoms with Gasteiger partial charge in [-0.2, -0.15) is 0 Å². The summed E-state index contributed by atoms with van der Waals surface area (Å²) in [5, 5.41) is 6.03. The maximum Gasteiger partial charge on any atom is 0.236 e. The number of nitrogens with one attached hydrogen (secondary N) is 2. The number of amides is 1. The average molecular weight is 291 g/mol. The minimum atomic E-state index is -0.252. The molecule has 0 aliphatic carbocycles. The summed E-state index contributed by atoms with van der Waals surface area (Å²) in [6, 6.07) is 3.69. The Bertz CT molecular complexity index is 384. The van der Waals surface area contributed by atoms with Gasteiger partial charge in [0, 0.05) is 24.6 Å². The van der Waals surface area contributed by atoms with Gasteiger partial charge in [0.1, 0.15) is 0 Å². The highest BCUT2D eigenvalue weighted by Crippen LogP contribution is 2.26. The van der Waals surface area contributed by atoms with Crippen molar-refractivity contribution in [2.45, 2.75) is 25.9 Å². The lowest BCUT2D eigenvalue weighted by molar-refractivity contribution is -0.123. The van der Waals surface area contributed by atoms with Crippen LogP contribution in [-0.2, 0) is 9.53 Å². The molecule has 6 heteroatoms. The topological polar surface area (TPSA) is 50.4 Å². The maximum atomic E-state index is 11.7. The Balaban J connectivity index is 2.39. The SMILES string of the molecule is COCCNC(=O)C(C)NC(C)c1ccc(Cl)s1. The van der Waals surface area contributed by atoms with E-state index in [0.717, 1.165) is 9.21 Å². The molecular weight excluding hydrogens is 272 g/mol. The minimum Gasteiger partial charge on any atom is -0.383 e. The number of carbonyl (C=O) groups excluding carboxylic acids is 1. The Labute approximate surface area is 117 Å². The van der Waals surface area contributed by atoms with Gasteiger partial charge in [-0.15, -0.1) is 11.3 Å². The van der Waals surface area contributed by atoms with Gasteiger partial charge in [-0.3, -0.25) is 10.1 Å². The average Bonchev–Trinajstić information content (AvgIpc) is 2.76. The van der Waals surface area contributed by atoms with Crippen molar-refractivity contribution < 1.29 is 9.53 Å². The molecule has 1 rings (SSSR count). The van der Waals surface area contributed by atoms with Gasteiger partial charge in [0.25, 0.3) is 0 Å². The second-order valence-corrected chi connectivity index (χ2v) is 5.78. The standard InChI is InChI=1S/C12H19ClN2O2S/c1-8(10-4-5-11(13)18-10)15-9(2)12(16)14-6-7-17-3/h4-5,8-9,15H,6-7H2,1-3H3,(H,14,16). The van der Waals surface area contributed by atoms with Crippen molar-refractivity contribution >= 4 is 28.8 Å². The molecule has 0 aliphatic heterocycles. The van der Waals surface area contributed by atoms with E-state index >= 15 is 0 Å². The highest BCUT2D eigenvalue weighted by atomic mass is 35.5. The van der Waals surface area contributed by atoms with Gasteiger partial charge in [-0.25, -0.2) is 0 Å². The van der Waals surface area contributed by atoms with Gasteiger partial charge in [0.15, 0.2) is 0 Å². The molecule has 0 saturated heterocycles. The Morgan fingerprint density at radius 3 is 2.78 bits per heavy atom. The quantitative estimate of drug-likeness (QED) is 0.757. The number of hydrogen-bond donors (Lipinski definition) is 2. The van der Waals surface area contributed by atoms with Gasteiger partial charge in [-0.1, -0.05) is 11.6 Å². The van der Waals surface area contributed by atoms with E-state index in [4.69, 9.17) is 16.3 Å². The zero-order valence-electron chi connectivity index (χ0n) is 10.8. The Kier molecular flexibility index (Phi) is 6.63. The van der Waals surface area contributed by atoms with Crippen molar-refractivity contribution in [3.63, 3.8) is 0 Å². The molecular formula is C12H19ClN2O2S. The van der Waals surface area contributed by atoms with Crippen LogP contribution in [0.4, 0.5) is 0 Å². The molecule has 0 saturated carbocycles. The molecule has 102 valence electrons. The molecule has 1 heterocycles. The third-order valence-corrected chi connectivity index (χ3v) is 3.93. The number of halogens is 1. The number of thiophene rings is 1. The molecule has 18 heavy (non-hydrogen) atoms. The zero-order chi connectivity index (χ0) is 13.5. The lowest BCUT2D eigenvalue weighted by Gasteiger charge is -2.18. The molecule has 2 unspecified atom stereocenters. The van der Waals surface area contributed by atoms with Crippen LogP contribution in [0.2, 0.25) is 4.34 Å². The minimum absolute atomic E-state index is 0.0263. The highest BCUT2D eigenvalue weighted by molar-refractivity contribution is 7.16. The fourth-order valence-electron chi connectivity index (χ4n) is 1.52. The third-order valence-electron chi connectivity index (χ3n) is 2.52. The molecule has 0 spiro atoms. The van der Waals surface area contributed by atoms with Gasteiger partial charge in [0.05, 0.1) is 17.0 Å². The lowest BCUT2D eigenvalue weighted by Crippen LogP contribution is -2.43. The molecule has 0 bridgehead atoms. The number of ether oxygens (including phenoxy) is 1. The first-order valence-corrected chi connectivity index (χ1v) is 7.02. The third kappa shape index (κ3) is 4.94. The van der Waals surface area contributed by atoms with Crippen molar-refractivity contribution in [1.82, 2.24) is 10.6 Å². The fraction of sp³-hybridized carbons (Fsp3) is 0.583. The Morgan fingerprint density at radius 2 is 2.22 bits per heavy atom. The summed E-state index contributed by atoms with van der Waals surface area (Å²) in [7, 11) is 1.61. The first-order chi connectivity index (χ1) is 8.54. The number of hydrogen-bond acceptors (Lipinski definition) is 4. The van der Waals surface area contributed by atoms with E-state index in [1.165, 1.54) is 11.3 Å². The summed E-state index contributed by atoms with van der Waals surface area (Å²) in [5.41, 5.74) is 0. The maximum absolute atomic E-state index is 11.7. The fourth-order valence-corrected chi connectivity index (χ4v) is 2.60. The van der Waals surface area contributed by atoms with Gasteiger partial charge in [-0.05, 0) is 26.0 Å². The number of carbonyl (C=O) groups is 1. The predicted octanol–water partition coefficient (Wildman–Crippen LogP) is 2.20. The van der Waals surface area contributed by atoms with E-state index < -0.39 is 0 Å². The molecule has 1 amide bonds. The van der Waals surface area contributed by atoms with Crippen LogP contribution in [0.15, 0.2) is 12.1 Å². The summed E-state index contributed by atoms with van der Waals surface area (Å²) < 4.78 is 5.64. The van der Waals surface area contributed by atoms with Crippen molar-refractivity contribution in [2.24, 2.45) is 0 Å². The molecule has 4 nitrogen and oxygen atoms in total. The summed E-state index contributed by atoms with van der Waals surface area (Å²) in [6.45, 7) is 4.91. The van der Waals surface area contributed by atoms with E-state index in [1.54, 1.807) is 7.11 Å². The normalized spacial score (nSPS) is 14.2. The van der Waals surface area contributed by atoms with Gasteiger partial charge < -0.3 is 10.1 Å². The molecule has 2 atom stereocenters. The van der Waals surface area contributed by atoms with E-state index in [1.807, 2.05) is 26.0 Å². The van der Waals surface area contributed by atoms with Gasteiger partial charge >= 0.3 is 0 Å². The van der Waals surface area contributed by atoms with Crippen LogP contribution in [-0.4, -0.2) is 32.2 Å². The smallest absolute Gasteiger partial charge is 0.236 e. The van der Waals surface area contributed by atoms with Crippen LogP contribution in [0.1, 0.15) is 24.8 Å². The van der Waals surface area contributed by atoms with Crippen LogP contribution in [0.5, 0.6) is 0 Å². The van der Waals surface area contributed by atoms with Crippen LogP contribution in [0, 0.1) is 0 Å². The van der Waals surface area contributed by atoms with Crippen molar-refractivity contribution in [3.8, 4) is 0 Å². The van der Waals surface area contributed by atoms with Crippen LogP contribution in [0.25, 0.3) is 0 Å². The number of rotatable bonds is 7. The zero-order valence-corrected chi connectivity index (χ0v) is 12.4.